The Labute approximate surface area is 174 Å². The summed E-state index contributed by atoms with van der Waals surface area (Å²) in [7, 11) is 0. The van der Waals surface area contributed by atoms with Gasteiger partial charge in [-0.2, -0.15) is 0 Å². The number of rotatable bonds is 8. The van der Waals surface area contributed by atoms with Gasteiger partial charge in [0.25, 0.3) is 5.91 Å². The fraction of sp³-hybridized carbons (Fsp3) is 0.333. The number of aliphatic hydroxyl groups excluding tert-OH is 1. The standard InChI is InChI=1S/C24H25NO5/c1-2-3-6-14-29-17-9-7-8-16(15-17)21-20-22(27)18-10-4-5-11-19(18)30-23(20)24(28)25(21)12-13-26/h4-5,7-11,15,21,26H,2-3,6,12-14H2,1H3. The minimum Gasteiger partial charge on any atom is -0.494 e. The molecule has 3 aromatic rings. The molecule has 0 saturated carbocycles. The van der Waals surface area contributed by atoms with E-state index in [1.54, 1.807) is 24.3 Å². The van der Waals surface area contributed by atoms with Crippen LogP contribution < -0.4 is 10.2 Å². The molecule has 30 heavy (non-hydrogen) atoms. The van der Waals surface area contributed by atoms with E-state index in [4.69, 9.17) is 9.15 Å². The molecule has 1 aliphatic heterocycles. The molecular formula is C24H25NO5. The molecule has 4 rings (SSSR count). The molecule has 2 heterocycles. The first-order chi connectivity index (χ1) is 14.7. The molecule has 1 aromatic heterocycles. The van der Waals surface area contributed by atoms with Crippen LogP contribution in [0.25, 0.3) is 11.0 Å². The highest BCUT2D eigenvalue weighted by Gasteiger charge is 2.42. The lowest BCUT2D eigenvalue weighted by Gasteiger charge is -2.24. The first kappa shape index (κ1) is 20.2. The highest BCUT2D eigenvalue weighted by molar-refractivity contribution is 5.99. The molecule has 156 valence electrons. The molecule has 0 spiro atoms. The van der Waals surface area contributed by atoms with Crippen molar-refractivity contribution in [2.75, 3.05) is 19.8 Å². The van der Waals surface area contributed by atoms with Gasteiger partial charge in [0.2, 0.25) is 5.76 Å². The number of hydrogen-bond donors (Lipinski definition) is 1. The van der Waals surface area contributed by atoms with Gasteiger partial charge in [0, 0.05) is 6.54 Å². The van der Waals surface area contributed by atoms with Crippen LogP contribution in [-0.4, -0.2) is 35.7 Å². The van der Waals surface area contributed by atoms with Gasteiger partial charge in [0.05, 0.1) is 30.2 Å². The van der Waals surface area contributed by atoms with Gasteiger partial charge in [-0.15, -0.1) is 0 Å². The van der Waals surface area contributed by atoms with Crippen LogP contribution in [0.2, 0.25) is 0 Å². The van der Waals surface area contributed by atoms with E-state index < -0.39 is 6.04 Å². The van der Waals surface area contributed by atoms with Crippen LogP contribution in [0.1, 0.15) is 53.9 Å². The highest BCUT2D eigenvalue weighted by Crippen LogP contribution is 2.38. The third-order valence-corrected chi connectivity index (χ3v) is 5.40. The van der Waals surface area contributed by atoms with E-state index >= 15 is 0 Å². The van der Waals surface area contributed by atoms with Crippen molar-refractivity contribution in [3.05, 3.63) is 75.6 Å². The van der Waals surface area contributed by atoms with Gasteiger partial charge in [-0.3, -0.25) is 9.59 Å². The van der Waals surface area contributed by atoms with E-state index in [1.807, 2.05) is 24.3 Å². The average Bonchev–Trinajstić information content (AvgIpc) is 3.04. The molecule has 0 fully saturated rings. The lowest BCUT2D eigenvalue weighted by atomic mass is 9.98. The molecule has 6 nitrogen and oxygen atoms in total. The van der Waals surface area contributed by atoms with Crippen molar-refractivity contribution < 1.29 is 19.1 Å². The van der Waals surface area contributed by atoms with E-state index in [1.165, 1.54) is 4.90 Å². The normalized spacial score (nSPS) is 15.6. The van der Waals surface area contributed by atoms with Crippen LogP contribution >= 0.6 is 0 Å². The van der Waals surface area contributed by atoms with Gasteiger partial charge in [-0.05, 0) is 36.2 Å². The molecule has 1 aliphatic rings. The molecule has 0 aliphatic carbocycles. The quantitative estimate of drug-likeness (QED) is 0.573. The summed E-state index contributed by atoms with van der Waals surface area (Å²) in [6.45, 7) is 2.65. The second-order valence-corrected chi connectivity index (χ2v) is 7.42. The SMILES string of the molecule is CCCCCOc1cccc(C2c3c(oc4ccccc4c3=O)C(=O)N2CCO)c1. The molecule has 0 bridgehead atoms. The number of ether oxygens (including phenoxy) is 1. The molecular weight excluding hydrogens is 382 g/mol. The van der Waals surface area contributed by atoms with Crippen LogP contribution in [-0.2, 0) is 0 Å². The number of amides is 1. The maximum Gasteiger partial charge on any atom is 0.290 e. The summed E-state index contributed by atoms with van der Waals surface area (Å²) in [5, 5.41) is 9.98. The number of carbonyl (C=O) groups excluding carboxylic acids is 1. The minimum atomic E-state index is -0.625. The molecule has 1 unspecified atom stereocenters. The first-order valence-electron chi connectivity index (χ1n) is 10.4. The van der Waals surface area contributed by atoms with E-state index in [-0.39, 0.29) is 30.2 Å². The Bertz CT molecular complexity index is 1120. The minimum absolute atomic E-state index is 0.0476. The number of carbonyl (C=O) groups is 1. The Morgan fingerprint density at radius 2 is 1.93 bits per heavy atom. The molecule has 0 saturated heterocycles. The van der Waals surface area contributed by atoms with Crippen LogP contribution in [0.3, 0.4) is 0 Å². The van der Waals surface area contributed by atoms with Crippen molar-refractivity contribution in [2.45, 2.75) is 32.2 Å². The Balaban J connectivity index is 1.78. The molecule has 0 radical (unpaired) electrons. The summed E-state index contributed by atoms with van der Waals surface area (Å²) in [6.07, 6.45) is 3.19. The largest absolute Gasteiger partial charge is 0.494 e. The summed E-state index contributed by atoms with van der Waals surface area (Å²) < 4.78 is 11.7. The molecule has 2 aromatic carbocycles. The Hall–Kier alpha value is -3.12. The summed E-state index contributed by atoms with van der Waals surface area (Å²) in [4.78, 5) is 27.8. The van der Waals surface area contributed by atoms with Crippen molar-refractivity contribution in [1.82, 2.24) is 4.90 Å². The zero-order valence-corrected chi connectivity index (χ0v) is 17.0. The number of fused-ring (bicyclic) bond motifs is 2. The predicted octanol–water partition coefficient (Wildman–Crippen LogP) is 3.90. The van der Waals surface area contributed by atoms with E-state index in [9.17, 15) is 14.7 Å². The maximum atomic E-state index is 13.3. The molecule has 6 heteroatoms. The second-order valence-electron chi connectivity index (χ2n) is 7.42. The molecule has 1 atom stereocenters. The summed E-state index contributed by atoms with van der Waals surface area (Å²) >= 11 is 0. The number of unbranched alkanes of at least 4 members (excludes halogenated alkanes) is 2. The lowest BCUT2D eigenvalue weighted by Crippen LogP contribution is -2.32. The van der Waals surface area contributed by atoms with Gasteiger partial charge in [-0.25, -0.2) is 0 Å². The number of hydrogen-bond acceptors (Lipinski definition) is 5. The lowest BCUT2D eigenvalue weighted by molar-refractivity contribution is 0.0691. The number of nitrogens with zero attached hydrogens (tertiary/aromatic N) is 1. The van der Waals surface area contributed by atoms with Crippen molar-refractivity contribution in [3.63, 3.8) is 0 Å². The second kappa shape index (κ2) is 8.71. The predicted molar refractivity (Wildman–Crippen MR) is 114 cm³/mol. The monoisotopic (exact) mass is 407 g/mol. The first-order valence-corrected chi connectivity index (χ1v) is 10.4. The number of β-amino-alcohol motifs (C(OH)–C–C–N with tert-alkyl or cyclic N) is 1. The zero-order chi connectivity index (χ0) is 21.1. The van der Waals surface area contributed by atoms with E-state index in [0.717, 1.165) is 24.8 Å². The van der Waals surface area contributed by atoms with Gasteiger partial charge in [-0.1, -0.05) is 44.0 Å². The summed E-state index contributed by atoms with van der Waals surface area (Å²) in [5.41, 5.74) is 1.23. The average molecular weight is 407 g/mol. The zero-order valence-electron chi connectivity index (χ0n) is 17.0. The Morgan fingerprint density at radius 1 is 1.10 bits per heavy atom. The van der Waals surface area contributed by atoms with Crippen LogP contribution in [0.5, 0.6) is 5.75 Å². The van der Waals surface area contributed by atoms with Crippen LogP contribution in [0.4, 0.5) is 0 Å². The number of para-hydroxylation sites is 1. The molecule has 1 N–H and O–H groups in total. The summed E-state index contributed by atoms with van der Waals surface area (Å²) in [5.74, 6) is 0.353. The van der Waals surface area contributed by atoms with Crippen LogP contribution in [0, 0.1) is 0 Å². The third kappa shape index (κ3) is 3.59. The van der Waals surface area contributed by atoms with Gasteiger partial charge in [0.1, 0.15) is 11.3 Å². The van der Waals surface area contributed by atoms with Gasteiger partial charge >= 0.3 is 0 Å². The Kier molecular flexibility index (Phi) is 5.86. The summed E-state index contributed by atoms with van der Waals surface area (Å²) in [6, 6.07) is 13.7. The Morgan fingerprint density at radius 3 is 2.73 bits per heavy atom. The van der Waals surface area contributed by atoms with Crippen molar-refractivity contribution >= 4 is 16.9 Å². The van der Waals surface area contributed by atoms with Crippen LogP contribution in [0.15, 0.2) is 57.7 Å². The van der Waals surface area contributed by atoms with E-state index in [2.05, 4.69) is 6.92 Å². The third-order valence-electron chi connectivity index (χ3n) is 5.40. The van der Waals surface area contributed by atoms with E-state index in [0.29, 0.717) is 28.9 Å². The molecule has 1 amide bonds. The maximum absolute atomic E-state index is 13.3. The highest BCUT2D eigenvalue weighted by atomic mass is 16.5. The fourth-order valence-electron chi connectivity index (χ4n) is 3.97. The number of aliphatic hydroxyl groups is 1. The smallest absolute Gasteiger partial charge is 0.290 e. The number of benzene rings is 2. The van der Waals surface area contributed by atoms with Gasteiger partial charge in [0.15, 0.2) is 5.43 Å². The topological polar surface area (TPSA) is 80.0 Å². The van der Waals surface area contributed by atoms with Crippen molar-refractivity contribution in [2.24, 2.45) is 0 Å². The fourth-order valence-corrected chi connectivity index (χ4v) is 3.97. The van der Waals surface area contributed by atoms with Crippen molar-refractivity contribution in [3.8, 4) is 5.75 Å². The van der Waals surface area contributed by atoms with Gasteiger partial charge < -0.3 is 19.2 Å². The van der Waals surface area contributed by atoms with Crippen molar-refractivity contribution in [1.29, 1.82) is 0 Å².